The largest absolute Gasteiger partial charge is 0.174 e. The summed E-state index contributed by atoms with van der Waals surface area (Å²) in [5.41, 5.74) is 0. The van der Waals surface area contributed by atoms with Gasteiger partial charge in [-0.3, -0.25) is 0 Å². The first-order valence-electron chi connectivity index (χ1n) is 3.26. The molecule has 1 fully saturated rings. The van der Waals surface area contributed by atoms with E-state index in [1.54, 1.807) is 0 Å². The summed E-state index contributed by atoms with van der Waals surface area (Å²) in [7, 11) is 0. The molecule has 0 bridgehead atoms. The minimum Gasteiger partial charge on any atom is -0.174 e. The van der Waals surface area contributed by atoms with Gasteiger partial charge in [-0.2, -0.15) is 37.9 Å². The molecular formula is C6H13ClS3. The third-order valence-electron chi connectivity index (χ3n) is 1.81. The monoisotopic (exact) mass is 216 g/mol. The first-order chi connectivity index (χ1) is 4.13. The van der Waals surface area contributed by atoms with Crippen molar-refractivity contribution in [3.8, 4) is 0 Å². The number of rotatable bonds is 0. The summed E-state index contributed by atoms with van der Waals surface area (Å²) in [5.74, 6) is 0. The van der Waals surface area contributed by atoms with E-state index >= 15 is 0 Å². The van der Waals surface area contributed by atoms with Crippen LogP contribution in [0.15, 0.2) is 0 Å². The van der Waals surface area contributed by atoms with Gasteiger partial charge in [-0.15, -0.1) is 12.4 Å². The van der Waals surface area contributed by atoms with Crippen LogP contribution in [-0.4, -0.2) is 9.33 Å². The van der Waals surface area contributed by atoms with Crippen LogP contribution in [-0.2, 0) is 0 Å². The molecule has 1 unspecified atom stereocenters. The molecule has 62 valence electrons. The Hall–Kier alpha value is 1.34. The molecule has 0 N–H and O–H groups in total. The Morgan fingerprint density at radius 2 is 1.80 bits per heavy atom. The van der Waals surface area contributed by atoms with E-state index in [0.717, 1.165) is 12.8 Å². The lowest BCUT2D eigenvalue weighted by Crippen LogP contribution is -2.30. The maximum atomic E-state index is 4.40. The van der Waals surface area contributed by atoms with Crippen LogP contribution in [0.2, 0.25) is 0 Å². The molecule has 0 amide bonds. The van der Waals surface area contributed by atoms with Gasteiger partial charge in [-0.05, 0) is 12.8 Å². The molecule has 1 aliphatic carbocycles. The van der Waals surface area contributed by atoms with Crippen molar-refractivity contribution >= 4 is 50.3 Å². The van der Waals surface area contributed by atoms with Gasteiger partial charge in [0.15, 0.2) is 0 Å². The molecule has 10 heavy (non-hydrogen) atoms. The van der Waals surface area contributed by atoms with Crippen LogP contribution in [0.4, 0.5) is 0 Å². The Morgan fingerprint density at radius 3 is 2.10 bits per heavy atom. The fourth-order valence-electron chi connectivity index (χ4n) is 1.12. The van der Waals surface area contributed by atoms with Crippen LogP contribution in [0.5, 0.6) is 0 Å². The molecule has 1 aliphatic rings. The van der Waals surface area contributed by atoms with Crippen LogP contribution in [0.1, 0.15) is 25.7 Å². The molecular weight excluding hydrogens is 204 g/mol. The van der Waals surface area contributed by atoms with Crippen LogP contribution in [0.3, 0.4) is 0 Å². The summed E-state index contributed by atoms with van der Waals surface area (Å²) < 4.78 is -0.110. The van der Waals surface area contributed by atoms with Crippen molar-refractivity contribution in [2.45, 2.75) is 35.0 Å². The van der Waals surface area contributed by atoms with Gasteiger partial charge in [-0.1, -0.05) is 12.8 Å². The maximum absolute atomic E-state index is 4.40. The van der Waals surface area contributed by atoms with E-state index in [0.29, 0.717) is 5.25 Å². The molecule has 0 spiro atoms. The summed E-state index contributed by atoms with van der Waals surface area (Å²) in [6.07, 6.45) is 4.80. The van der Waals surface area contributed by atoms with Crippen molar-refractivity contribution < 1.29 is 0 Å². The topological polar surface area (TPSA) is 0 Å². The van der Waals surface area contributed by atoms with E-state index in [-0.39, 0.29) is 16.5 Å². The Labute approximate surface area is 85.2 Å². The molecule has 0 aliphatic heterocycles. The van der Waals surface area contributed by atoms with Crippen molar-refractivity contribution in [1.29, 1.82) is 0 Å². The van der Waals surface area contributed by atoms with Crippen LogP contribution >= 0.6 is 50.3 Å². The van der Waals surface area contributed by atoms with Crippen molar-refractivity contribution in [2.24, 2.45) is 0 Å². The summed E-state index contributed by atoms with van der Waals surface area (Å²) in [6, 6.07) is 0. The SMILES string of the molecule is Cl.SC1CCCCC1(S)S. The number of hydrogen-bond acceptors (Lipinski definition) is 3. The highest BCUT2D eigenvalue weighted by Crippen LogP contribution is 2.39. The zero-order valence-corrected chi connectivity index (χ0v) is 9.16. The first-order valence-corrected chi connectivity index (χ1v) is 4.67. The highest BCUT2D eigenvalue weighted by molar-refractivity contribution is 8.02. The van der Waals surface area contributed by atoms with E-state index in [9.17, 15) is 0 Å². The van der Waals surface area contributed by atoms with E-state index < -0.39 is 0 Å². The van der Waals surface area contributed by atoms with Crippen molar-refractivity contribution in [2.75, 3.05) is 0 Å². The maximum Gasteiger partial charge on any atom is 0.0667 e. The zero-order chi connectivity index (χ0) is 6.91. The van der Waals surface area contributed by atoms with Crippen molar-refractivity contribution in [3.05, 3.63) is 0 Å². The Balaban J connectivity index is 0.000000810. The van der Waals surface area contributed by atoms with Gasteiger partial charge in [0, 0.05) is 5.25 Å². The third-order valence-corrected chi connectivity index (χ3v) is 3.98. The zero-order valence-electron chi connectivity index (χ0n) is 5.66. The fourth-order valence-corrected chi connectivity index (χ4v) is 2.01. The Morgan fingerprint density at radius 1 is 1.20 bits per heavy atom. The normalized spacial score (nSPS) is 30.9. The molecule has 4 heteroatoms. The molecule has 0 aromatic heterocycles. The highest BCUT2D eigenvalue weighted by atomic mass is 35.5. The minimum absolute atomic E-state index is 0. The summed E-state index contributed by atoms with van der Waals surface area (Å²) >= 11 is 13.2. The lowest BCUT2D eigenvalue weighted by Gasteiger charge is -2.33. The lowest BCUT2D eigenvalue weighted by molar-refractivity contribution is 0.509. The van der Waals surface area contributed by atoms with E-state index in [2.05, 4.69) is 37.9 Å². The summed E-state index contributed by atoms with van der Waals surface area (Å²) in [4.78, 5) is 0. The van der Waals surface area contributed by atoms with Crippen molar-refractivity contribution in [3.63, 3.8) is 0 Å². The molecule has 0 radical (unpaired) electrons. The lowest BCUT2D eigenvalue weighted by atomic mass is 9.99. The van der Waals surface area contributed by atoms with Gasteiger partial charge >= 0.3 is 0 Å². The second-order valence-electron chi connectivity index (χ2n) is 2.64. The summed E-state index contributed by atoms with van der Waals surface area (Å²) in [5, 5.41) is 0.373. The van der Waals surface area contributed by atoms with E-state index in [1.807, 2.05) is 0 Å². The van der Waals surface area contributed by atoms with Crippen LogP contribution < -0.4 is 0 Å². The molecule has 0 aromatic carbocycles. The number of thiol groups is 3. The molecule has 0 heterocycles. The number of hydrogen-bond donors (Lipinski definition) is 3. The second kappa shape index (κ2) is 4.39. The van der Waals surface area contributed by atoms with Gasteiger partial charge in [0.1, 0.15) is 0 Å². The highest BCUT2D eigenvalue weighted by Gasteiger charge is 2.31. The van der Waals surface area contributed by atoms with Crippen LogP contribution in [0.25, 0.3) is 0 Å². The molecule has 1 rings (SSSR count). The smallest absolute Gasteiger partial charge is 0.0667 e. The van der Waals surface area contributed by atoms with Gasteiger partial charge in [-0.25, -0.2) is 0 Å². The van der Waals surface area contributed by atoms with Gasteiger partial charge < -0.3 is 0 Å². The average molecular weight is 217 g/mol. The summed E-state index contributed by atoms with van der Waals surface area (Å²) in [6.45, 7) is 0. The van der Waals surface area contributed by atoms with E-state index in [4.69, 9.17) is 0 Å². The predicted molar refractivity (Wildman–Crippen MR) is 59.2 cm³/mol. The Bertz CT molecular complexity index is 105. The van der Waals surface area contributed by atoms with Crippen molar-refractivity contribution in [1.82, 2.24) is 0 Å². The second-order valence-corrected chi connectivity index (χ2v) is 5.21. The average Bonchev–Trinajstić information content (AvgIpc) is 1.77. The first kappa shape index (κ1) is 11.3. The van der Waals surface area contributed by atoms with Gasteiger partial charge in [0.2, 0.25) is 0 Å². The molecule has 1 atom stereocenters. The molecule has 0 nitrogen and oxygen atoms in total. The standard InChI is InChI=1S/C6H12S3.ClH/c7-5-3-1-2-4-6(5,8)9;/h5,7-9H,1-4H2;1H. The molecule has 1 saturated carbocycles. The minimum atomic E-state index is -0.110. The van der Waals surface area contributed by atoms with Gasteiger partial charge in [0.25, 0.3) is 0 Å². The molecule has 0 saturated heterocycles. The molecule has 0 aromatic rings. The quantitative estimate of drug-likeness (QED) is 0.403. The predicted octanol–water partition coefficient (Wildman–Crippen LogP) is 2.84. The van der Waals surface area contributed by atoms with Gasteiger partial charge in [0.05, 0.1) is 4.08 Å². The van der Waals surface area contributed by atoms with Crippen LogP contribution in [0, 0.1) is 0 Å². The number of halogens is 1. The van der Waals surface area contributed by atoms with E-state index in [1.165, 1.54) is 12.8 Å². The fraction of sp³-hybridized carbons (Fsp3) is 1.00. The Kier molecular flexibility index (Phi) is 4.97. The third kappa shape index (κ3) is 2.76.